The summed E-state index contributed by atoms with van der Waals surface area (Å²) in [5.74, 6) is 0. The zero-order chi connectivity index (χ0) is 13.0. The SMILES string of the molecule is OCc1cccc(NCc2ccc(Cl)c(Br)c2)c1. The third-order valence-electron chi connectivity index (χ3n) is 2.59. The molecule has 4 heteroatoms. The van der Waals surface area contributed by atoms with E-state index in [4.69, 9.17) is 16.7 Å². The number of benzene rings is 2. The number of aliphatic hydroxyl groups is 1. The summed E-state index contributed by atoms with van der Waals surface area (Å²) < 4.78 is 0.896. The number of halogens is 2. The average Bonchev–Trinajstić information content (AvgIpc) is 2.40. The van der Waals surface area contributed by atoms with E-state index in [-0.39, 0.29) is 6.61 Å². The Labute approximate surface area is 120 Å². The molecule has 0 unspecified atom stereocenters. The second kappa shape index (κ2) is 6.23. The van der Waals surface area contributed by atoms with Crippen LogP contribution in [0.25, 0.3) is 0 Å². The molecule has 0 aromatic heterocycles. The monoisotopic (exact) mass is 325 g/mol. The molecule has 0 aliphatic rings. The number of anilines is 1. The number of hydrogen-bond donors (Lipinski definition) is 2. The van der Waals surface area contributed by atoms with E-state index in [2.05, 4.69) is 21.2 Å². The highest BCUT2D eigenvalue weighted by atomic mass is 79.9. The molecule has 0 heterocycles. The lowest BCUT2D eigenvalue weighted by molar-refractivity contribution is 0.282. The molecule has 0 aliphatic carbocycles. The highest BCUT2D eigenvalue weighted by molar-refractivity contribution is 9.10. The Morgan fingerprint density at radius 1 is 1.11 bits per heavy atom. The summed E-state index contributed by atoms with van der Waals surface area (Å²) in [5.41, 5.74) is 3.03. The van der Waals surface area contributed by atoms with Crippen molar-refractivity contribution >= 4 is 33.2 Å². The molecule has 0 aliphatic heterocycles. The molecular weight excluding hydrogens is 314 g/mol. The Balaban J connectivity index is 2.04. The molecule has 18 heavy (non-hydrogen) atoms. The maximum atomic E-state index is 9.07. The molecule has 0 radical (unpaired) electrons. The summed E-state index contributed by atoms with van der Waals surface area (Å²) >= 11 is 9.34. The fourth-order valence-electron chi connectivity index (χ4n) is 1.63. The normalized spacial score (nSPS) is 10.4. The van der Waals surface area contributed by atoms with Crippen molar-refractivity contribution in [1.82, 2.24) is 0 Å². The van der Waals surface area contributed by atoms with Crippen LogP contribution in [-0.2, 0) is 13.2 Å². The molecule has 94 valence electrons. The lowest BCUT2D eigenvalue weighted by atomic mass is 10.2. The third-order valence-corrected chi connectivity index (χ3v) is 3.80. The van der Waals surface area contributed by atoms with E-state index in [1.165, 1.54) is 0 Å². The van der Waals surface area contributed by atoms with Crippen LogP contribution in [0.15, 0.2) is 46.9 Å². The minimum absolute atomic E-state index is 0.0576. The van der Waals surface area contributed by atoms with Gasteiger partial charge in [-0.3, -0.25) is 0 Å². The second-order valence-electron chi connectivity index (χ2n) is 3.96. The highest BCUT2D eigenvalue weighted by Gasteiger charge is 2.00. The first kappa shape index (κ1) is 13.4. The summed E-state index contributed by atoms with van der Waals surface area (Å²) in [5, 5.41) is 13.1. The van der Waals surface area contributed by atoms with Crippen LogP contribution in [0.1, 0.15) is 11.1 Å². The van der Waals surface area contributed by atoms with Gasteiger partial charge in [-0.25, -0.2) is 0 Å². The van der Waals surface area contributed by atoms with Crippen molar-refractivity contribution in [1.29, 1.82) is 0 Å². The number of rotatable bonds is 4. The van der Waals surface area contributed by atoms with Crippen molar-refractivity contribution in [2.24, 2.45) is 0 Å². The lowest BCUT2D eigenvalue weighted by Crippen LogP contribution is -1.99. The summed E-state index contributed by atoms with van der Waals surface area (Å²) in [4.78, 5) is 0. The van der Waals surface area contributed by atoms with Crippen molar-refractivity contribution < 1.29 is 5.11 Å². The van der Waals surface area contributed by atoms with Gasteiger partial charge in [-0.05, 0) is 51.3 Å². The van der Waals surface area contributed by atoms with E-state index in [1.807, 2.05) is 42.5 Å². The van der Waals surface area contributed by atoms with Gasteiger partial charge in [0.05, 0.1) is 11.6 Å². The predicted molar refractivity (Wildman–Crippen MR) is 78.8 cm³/mol. The molecule has 0 amide bonds. The van der Waals surface area contributed by atoms with Crippen LogP contribution < -0.4 is 5.32 Å². The largest absolute Gasteiger partial charge is 0.392 e. The van der Waals surface area contributed by atoms with Crippen LogP contribution >= 0.6 is 27.5 Å². The molecule has 0 atom stereocenters. The van der Waals surface area contributed by atoms with Gasteiger partial charge in [-0.2, -0.15) is 0 Å². The molecule has 2 nitrogen and oxygen atoms in total. The standard InChI is InChI=1S/C14H13BrClNO/c15-13-7-10(4-5-14(13)16)8-17-12-3-1-2-11(6-12)9-18/h1-7,17-18H,8-9H2. The molecule has 2 N–H and O–H groups in total. The van der Waals surface area contributed by atoms with Gasteiger partial charge in [0.25, 0.3) is 0 Å². The van der Waals surface area contributed by atoms with Gasteiger partial charge in [0.2, 0.25) is 0 Å². The van der Waals surface area contributed by atoms with Gasteiger partial charge in [0, 0.05) is 16.7 Å². The molecule has 0 spiro atoms. The van der Waals surface area contributed by atoms with Gasteiger partial charge in [-0.15, -0.1) is 0 Å². The van der Waals surface area contributed by atoms with Gasteiger partial charge in [0.15, 0.2) is 0 Å². The van der Waals surface area contributed by atoms with E-state index in [0.29, 0.717) is 11.6 Å². The molecular formula is C14H13BrClNO. The van der Waals surface area contributed by atoms with Crippen LogP contribution in [0.3, 0.4) is 0 Å². The number of hydrogen-bond acceptors (Lipinski definition) is 2. The molecule has 0 saturated carbocycles. The predicted octanol–water partition coefficient (Wildman–Crippen LogP) is 4.21. The first-order valence-electron chi connectivity index (χ1n) is 5.56. The summed E-state index contributed by atoms with van der Waals surface area (Å²) in [6.07, 6.45) is 0. The average molecular weight is 327 g/mol. The molecule has 0 bridgehead atoms. The van der Waals surface area contributed by atoms with Crippen LogP contribution in [0, 0.1) is 0 Å². The van der Waals surface area contributed by atoms with Crippen LogP contribution in [0.5, 0.6) is 0 Å². The minimum atomic E-state index is 0.0576. The van der Waals surface area contributed by atoms with Crippen molar-refractivity contribution in [3.8, 4) is 0 Å². The zero-order valence-corrected chi connectivity index (χ0v) is 12.0. The zero-order valence-electron chi connectivity index (χ0n) is 9.66. The molecule has 0 saturated heterocycles. The Morgan fingerprint density at radius 3 is 2.67 bits per heavy atom. The van der Waals surface area contributed by atoms with Gasteiger partial charge in [0.1, 0.15) is 0 Å². The molecule has 2 rings (SSSR count). The Bertz CT molecular complexity index is 545. The van der Waals surface area contributed by atoms with E-state index < -0.39 is 0 Å². The highest BCUT2D eigenvalue weighted by Crippen LogP contribution is 2.23. The fraction of sp³-hybridized carbons (Fsp3) is 0.143. The van der Waals surface area contributed by atoms with Gasteiger partial charge < -0.3 is 10.4 Å². The maximum Gasteiger partial charge on any atom is 0.0682 e. The van der Waals surface area contributed by atoms with Gasteiger partial charge >= 0.3 is 0 Å². The lowest BCUT2D eigenvalue weighted by Gasteiger charge is -2.08. The topological polar surface area (TPSA) is 32.3 Å². The van der Waals surface area contributed by atoms with Crippen molar-refractivity contribution in [2.75, 3.05) is 5.32 Å². The molecule has 0 fully saturated rings. The Kier molecular flexibility index (Phi) is 4.64. The first-order chi connectivity index (χ1) is 8.69. The molecule has 2 aromatic carbocycles. The number of nitrogens with one attached hydrogen (secondary N) is 1. The van der Waals surface area contributed by atoms with E-state index in [1.54, 1.807) is 0 Å². The van der Waals surface area contributed by atoms with Crippen molar-refractivity contribution in [3.63, 3.8) is 0 Å². The fourth-order valence-corrected chi connectivity index (χ4v) is 2.18. The maximum absolute atomic E-state index is 9.07. The Morgan fingerprint density at radius 2 is 1.94 bits per heavy atom. The third kappa shape index (κ3) is 3.48. The van der Waals surface area contributed by atoms with Crippen molar-refractivity contribution in [2.45, 2.75) is 13.2 Å². The second-order valence-corrected chi connectivity index (χ2v) is 5.22. The first-order valence-corrected chi connectivity index (χ1v) is 6.74. The summed E-state index contributed by atoms with van der Waals surface area (Å²) in [7, 11) is 0. The Hall–Kier alpha value is -1.03. The quantitative estimate of drug-likeness (QED) is 0.882. The van der Waals surface area contributed by atoms with Gasteiger partial charge in [-0.1, -0.05) is 29.8 Å². The molecule has 2 aromatic rings. The summed E-state index contributed by atoms with van der Waals surface area (Å²) in [6.45, 7) is 0.770. The van der Waals surface area contributed by atoms with Crippen LogP contribution in [0.2, 0.25) is 5.02 Å². The smallest absolute Gasteiger partial charge is 0.0682 e. The van der Waals surface area contributed by atoms with Crippen LogP contribution in [0.4, 0.5) is 5.69 Å². The van der Waals surface area contributed by atoms with Crippen LogP contribution in [-0.4, -0.2) is 5.11 Å². The van der Waals surface area contributed by atoms with E-state index >= 15 is 0 Å². The number of aliphatic hydroxyl groups excluding tert-OH is 1. The minimum Gasteiger partial charge on any atom is -0.392 e. The van der Waals surface area contributed by atoms with E-state index in [9.17, 15) is 0 Å². The van der Waals surface area contributed by atoms with E-state index in [0.717, 1.165) is 21.3 Å². The summed E-state index contributed by atoms with van der Waals surface area (Å²) in [6, 6.07) is 13.6. The van der Waals surface area contributed by atoms with Crippen molar-refractivity contribution in [3.05, 3.63) is 63.1 Å².